The second-order valence-electron chi connectivity index (χ2n) is 11.0. The number of hydrogen-bond acceptors (Lipinski definition) is 4. The summed E-state index contributed by atoms with van der Waals surface area (Å²) in [5.41, 5.74) is 2.23. The molecule has 2 fully saturated rings. The van der Waals surface area contributed by atoms with Gasteiger partial charge in [0.05, 0.1) is 18.3 Å². The van der Waals surface area contributed by atoms with Gasteiger partial charge in [-0.3, -0.25) is 14.1 Å². The molecule has 3 aliphatic rings. The van der Waals surface area contributed by atoms with Gasteiger partial charge in [0.2, 0.25) is 5.91 Å². The third-order valence-electron chi connectivity index (χ3n) is 8.34. The first kappa shape index (κ1) is 25.2. The van der Waals surface area contributed by atoms with Gasteiger partial charge in [-0.2, -0.15) is 0 Å². The molecule has 9 heteroatoms. The fourth-order valence-corrected chi connectivity index (χ4v) is 6.24. The van der Waals surface area contributed by atoms with Crippen LogP contribution in [-0.2, 0) is 11.2 Å². The van der Waals surface area contributed by atoms with E-state index < -0.39 is 23.8 Å². The first-order valence-electron chi connectivity index (χ1n) is 13.3. The first-order valence-corrected chi connectivity index (χ1v) is 13.3. The van der Waals surface area contributed by atoms with Crippen LogP contribution < -0.4 is 4.74 Å². The zero-order valence-corrected chi connectivity index (χ0v) is 21.3. The predicted octanol–water partition coefficient (Wildman–Crippen LogP) is 4.36. The van der Waals surface area contributed by atoms with Crippen LogP contribution in [0.4, 0.5) is 13.2 Å². The minimum absolute atomic E-state index is 0.0606. The summed E-state index contributed by atoms with van der Waals surface area (Å²) in [6.07, 6.45) is 0.751. The number of halogens is 3. The molecule has 0 spiro atoms. The Morgan fingerprint density at radius 2 is 1.87 bits per heavy atom. The van der Waals surface area contributed by atoms with Gasteiger partial charge in [0.25, 0.3) is 0 Å². The number of carbonyl (C=O) groups is 1. The molecule has 2 aliphatic heterocycles. The topological polar surface area (TPSA) is 68.8 Å². The van der Waals surface area contributed by atoms with E-state index in [-0.39, 0.29) is 48.4 Å². The molecule has 1 unspecified atom stereocenters. The molecule has 202 valence electrons. The van der Waals surface area contributed by atoms with Crippen LogP contribution in [0.25, 0.3) is 10.9 Å². The van der Waals surface area contributed by atoms with E-state index in [1.165, 1.54) is 12.1 Å². The number of fused-ring (bicyclic) bond motifs is 3. The van der Waals surface area contributed by atoms with Gasteiger partial charge < -0.3 is 19.7 Å². The van der Waals surface area contributed by atoms with Crippen molar-refractivity contribution >= 4 is 16.8 Å². The van der Waals surface area contributed by atoms with E-state index in [4.69, 9.17) is 4.74 Å². The van der Waals surface area contributed by atoms with E-state index >= 15 is 8.78 Å². The number of rotatable bonds is 7. The molecular formula is C29H32F3N3O3. The Morgan fingerprint density at radius 3 is 2.55 bits per heavy atom. The standard InChI is InChI=1S/C29H32F3N3O3/c1-16-8-22-21-4-2-3-5-25(21)33-27(22)28(35(16)29(37)18-9-19(36)10-18)26-23(31)11-20(12-24(26)32)38-7-6-34-14-17(13-30)15-34/h2-5,11-12,16-19,28,33,36H,6-10,13-15H2,1H3/t16-,18-,19+,28?/m1/s1. The van der Waals surface area contributed by atoms with Crippen molar-refractivity contribution in [2.75, 3.05) is 32.9 Å². The summed E-state index contributed by atoms with van der Waals surface area (Å²) in [6, 6.07) is 8.80. The number of aromatic amines is 1. The highest BCUT2D eigenvalue weighted by Crippen LogP contribution is 2.45. The Bertz CT molecular complexity index is 1330. The molecule has 0 bridgehead atoms. The maximum Gasteiger partial charge on any atom is 0.226 e. The molecule has 2 atom stereocenters. The Morgan fingerprint density at radius 1 is 1.16 bits per heavy atom. The maximum absolute atomic E-state index is 15.8. The third kappa shape index (κ3) is 4.35. The van der Waals surface area contributed by atoms with Crippen LogP contribution in [0, 0.1) is 23.5 Å². The molecular weight excluding hydrogens is 495 g/mol. The average Bonchev–Trinajstić information content (AvgIpc) is 3.21. The summed E-state index contributed by atoms with van der Waals surface area (Å²) in [5, 5.41) is 10.8. The van der Waals surface area contributed by atoms with Crippen LogP contribution in [0.15, 0.2) is 36.4 Å². The maximum atomic E-state index is 15.8. The summed E-state index contributed by atoms with van der Waals surface area (Å²) in [7, 11) is 0. The quantitative estimate of drug-likeness (QED) is 0.479. The Balaban J connectivity index is 1.33. The van der Waals surface area contributed by atoms with Crippen molar-refractivity contribution in [3.8, 4) is 5.75 Å². The van der Waals surface area contributed by atoms with E-state index in [0.717, 1.165) is 16.5 Å². The Labute approximate surface area is 219 Å². The first-order chi connectivity index (χ1) is 18.3. The van der Waals surface area contributed by atoms with Gasteiger partial charge in [-0.25, -0.2) is 8.78 Å². The molecule has 6 nitrogen and oxygen atoms in total. The number of aliphatic hydroxyl groups excluding tert-OH is 1. The van der Waals surface area contributed by atoms with Gasteiger partial charge in [-0.05, 0) is 37.8 Å². The lowest BCUT2D eigenvalue weighted by Crippen LogP contribution is -2.52. The summed E-state index contributed by atoms with van der Waals surface area (Å²) in [6.45, 7) is 3.68. The second-order valence-corrected chi connectivity index (χ2v) is 11.0. The lowest BCUT2D eigenvalue weighted by molar-refractivity contribution is -0.147. The molecule has 1 aromatic heterocycles. The van der Waals surface area contributed by atoms with Gasteiger partial charge in [0.15, 0.2) is 0 Å². The van der Waals surface area contributed by atoms with Crippen LogP contribution in [-0.4, -0.2) is 70.9 Å². The van der Waals surface area contributed by atoms with Crippen molar-refractivity contribution in [3.05, 3.63) is 64.9 Å². The summed E-state index contributed by atoms with van der Waals surface area (Å²) < 4.78 is 49.8. The molecule has 2 N–H and O–H groups in total. The number of aromatic nitrogens is 1. The van der Waals surface area contributed by atoms with Crippen LogP contribution in [0.1, 0.15) is 42.6 Å². The predicted molar refractivity (Wildman–Crippen MR) is 137 cm³/mol. The van der Waals surface area contributed by atoms with Gasteiger partial charge in [0.1, 0.15) is 30.0 Å². The van der Waals surface area contributed by atoms with E-state index in [9.17, 15) is 14.3 Å². The number of alkyl halides is 1. The number of benzene rings is 2. The van der Waals surface area contributed by atoms with Crippen molar-refractivity contribution in [1.82, 2.24) is 14.8 Å². The van der Waals surface area contributed by atoms with E-state index in [2.05, 4.69) is 4.98 Å². The number of hydrogen-bond donors (Lipinski definition) is 2. The molecule has 3 heterocycles. The molecule has 38 heavy (non-hydrogen) atoms. The van der Waals surface area contributed by atoms with Crippen LogP contribution in [0.3, 0.4) is 0 Å². The number of nitrogens with zero attached hydrogens (tertiary/aromatic N) is 2. The molecule has 3 aromatic rings. The zero-order chi connectivity index (χ0) is 26.6. The molecule has 2 aromatic carbocycles. The summed E-state index contributed by atoms with van der Waals surface area (Å²) in [5.74, 6) is -1.99. The van der Waals surface area contributed by atoms with Crippen molar-refractivity contribution < 1.29 is 27.8 Å². The van der Waals surface area contributed by atoms with Crippen molar-refractivity contribution in [2.24, 2.45) is 11.8 Å². The molecule has 6 rings (SSSR count). The molecule has 1 saturated carbocycles. The molecule has 0 radical (unpaired) electrons. The third-order valence-corrected chi connectivity index (χ3v) is 8.34. The molecule has 1 amide bonds. The highest BCUT2D eigenvalue weighted by molar-refractivity contribution is 5.87. The normalized spacial score (nSPS) is 25.7. The van der Waals surface area contributed by atoms with Gasteiger partial charge >= 0.3 is 0 Å². The minimum atomic E-state index is -0.973. The number of carbonyl (C=O) groups excluding carboxylic acids is 1. The average molecular weight is 528 g/mol. The number of likely N-dealkylation sites (tertiary alicyclic amines) is 1. The fourth-order valence-electron chi connectivity index (χ4n) is 6.24. The largest absolute Gasteiger partial charge is 0.492 e. The molecule has 1 saturated heterocycles. The number of nitrogens with one attached hydrogen (secondary N) is 1. The highest BCUT2D eigenvalue weighted by Gasteiger charge is 2.45. The lowest BCUT2D eigenvalue weighted by atomic mass is 9.79. The van der Waals surface area contributed by atoms with Crippen molar-refractivity contribution in [2.45, 2.75) is 44.4 Å². The van der Waals surface area contributed by atoms with E-state index in [1.807, 2.05) is 36.1 Å². The summed E-state index contributed by atoms with van der Waals surface area (Å²) in [4.78, 5) is 20.6. The fraction of sp³-hybridized carbons (Fsp3) is 0.483. The van der Waals surface area contributed by atoms with Crippen LogP contribution in [0.2, 0.25) is 0 Å². The van der Waals surface area contributed by atoms with Gasteiger partial charge in [-0.15, -0.1) is 0 Å². The van der Waals surface area contributed by atoms with Crippen LogP contribution in [0.5, 0.6) is 5.75 Å². The Hall–Kier alpha value is -3.04. The van der Waals surface area contributed by atoms with Gasteiger partial charge in [0, 0.05) is 66.2 Å². The van der Waals surface area contributed by atoms with E-state index in [0.29, 0.717) is 44.6 Å². The zero-order valence-electron chi connectivity index (χ0n) is 21.3. The second kappa shape index (κ2) is 9.93. The number of amides is 1. The smallest absolute Gasteiger partial charge is 0.226 e. The van der Waals surface area contributed by atoms with Crippen molar-refractivity contribution in [3.63, 3.8) is 0 Å². The van der Waals surface area contributed by atoms with Gasteiger partial charge in [-0.1, -0.05) is 18.2 Å². The highest BCUT2D eigenvalue weighted by atomic mass is 19.1. The van der Waals surface area contributed by atoms with Crippen LogP contribution >= 0.6 is 0 Å². The van der Waals surface area contributed by atoms with Crippen molar-refractivity contribution in [1.29, 1.82) is 0 Å². The van der Waals surface area contributed by atoms with E-state index in [1.54, 1.807) is 4.90 Å². The molecule has 1 aliphatic carbocycles. The number of aliphatic hydroxyl groups is 1. The number of para-hydroxylation sites is 1. The SMILES string of the molecule is C[C@@H]1Cc2c([nH]c3ccccc23)C(c2c(F)cc(OCCN3CC(CF)C3)cc2F)N1C(=O)[C@H]1C[C@@H](O)C1. The monoisotopic (exact) mass is 527 g/mol. The number of ether oxygens (including phenoxy) is 1. The Kier molecular flexibility index (Phi) is 6.60. The summed E-state index contributed by atoms with van der Waals surface area (Å²) >= 11 is 0. The lowest BCUT2D eigenvalue weighted by Gasteiger charge is -2.45. The number of H-pyrrole nitrogens is 1. The minimum Gasteiger partial charge on any atom is -0.492 e.